The molecule has 1 saturated heterocycles. The summed E-state index contributed by atoms with van der Waals surface area (Å²) in [5, 5.41) is 9.71. The molecule has 2 rings (SSSR count). The van der Waals surface area contributed by atoms with E-state index in [0.29, 0.717) is 6.61 Å². The standard InChI is InChI=1S/C15H23NO3/c1-2-15(17)13-3-5-14(6-4-13)19-12-9-16-7-10-18-11-8-16/h3-6,15,17H,2,7-12H2,1H3/t15-/m1/s1. The summed E-state index contributed by atoms with van der Waals surface area (Å²) in [6.07, 6.45) is 0.361. The molecule has 4 heteroatoms. The molecule has 19 heavy (non-hydrogen) atoms. The predicted octanol–water partition coefficient (Wildman–Crippen LogP) is 1.84. The topological polar surface area (TPSA) is 41.9 Å². The number of morpholine rings is 1. The lowest BCUT2D eigenvalue weighted by molar-refractivity contribution is 0.0322. The number of aliphatic hydroxyl groups excluding tert-OH is 1. The normalized spacial score (nSPS) is 18.2. The summed E-state index contributed by atoms with van der Waals surface area (Å²) < 4.78 is 11.0. The number of hydrogen-bond donors (Lipinski definition) is 1. The minimum Gasteiger partial charge on any atom is -0.492 e. The molecule has 1 aliphatic heterocycles. The molecule has 4 nitrogen and oxygen atoms in total. The van der Waals surface area contributed by atoms with Crippen LogP contribution in [0.5, 0.6) is 5.75 Å². The number of ether oxygens (including phenoxy) is 2. The zero-order valence-corrected chi connectivity index (χ0v) is 11.5. The highest BCUT2D eigenvalue weighted by Gasteiger charge is 2.10. The lowest BCUT2D eigenvalue weighted by Gasteiger charge is -2.26. The van der Waals surface area contributed by atoms with Gasteiger partial charge in [-0.25, -0.2) is 0 Å². The Hall–Kier alpha value is -1.10. The Morgan fingerprint density at radius 2 is 1.95 bits per heavy atom. The molecule has 1 aromatic rings. The summed E-state index contributed by atoms with van der Waals surface area (Å²) in [7, 11) is 0. The lowest BCUT2D eigenvalue weighted by atomic mass is 10.1. The zero-order chi connectivity index (χ0) is 13.5. The number of benzene rings is 1. The molecular weight excluding hydrogens is 242 g/mol. The van der Waals surface area contributed by atoms with Crippen molar-refractivity contribution < 1.29 is 14.6 Å². The van der Waals surface area contributed by atoms with Crippen LogP contribution in [0.4, 0.5) is 0 Å². The van der Waals surface area contributed by atoms with Gasteiger partial charge in [0.25, 0.3) is 0 Å². The first kappa shape index (κ1) is 14.3. The molecule has 0 spiro atoms. The summed E-state index contributed by atoms with van der Waals surface area (Å²) in [5.41, 5.74) is 0.947. The van der Waals surface area contributed by atoms with Gasteiger partial charge >= 0.3 is 0 Å². The third kappa shape index (κ3) is 4.49. The van der Waals surface area contributed by atoms with E-state index in [1.165, 1.54) is 0 Å². The van der Waals surface area contributed by atoms with Gasteiger partial charge in [0.2, 0.25) is 0 Å². The highest BCUT2D eigenvalue weighted by molar-refractivity contribution is 5.28. The van der Waals surface area contributed by atoms with Crippen LogP contribution in [0.15, 0.2) is 24.3 Å². The van der Waals surface area contributed by atoms with Crippen molar-refractivity contribution in [1.82, 2.24) is 4.90 Å². The molecule has 0 aromatic heterocycles. The summed E-state index contributed by atoms with van der Waals surface area (Å²) in [6, 6.07) is 7.71. The highest BCUT2D eigenvalue weighted by atomic mass is 16.5. The summed E-state index contributed by atoms with van der Waals surface area (Å²) in [5.74, 6) is 0.861. The molecule has 0 saturated carbocycles. The van der Waals surface area contributed by atoms with Gasteiger partial charge in [-0.15, -0.1) is 0 Å². The fraction of sp³-hybridized carbons (Fsp3) is 0.600. The van der Waals surface area contributed by atoms with Crippen LogP contribution in [0.2, 0.25) is 0 Å². The van der Waals surface area contributed by atoms with Crippen molar-refractivity contribution in [2.75, 3.05) is 39.5 Å². The monoisotopic (exact) mass is 265 g/mol. The number of rotatable bonds is 6. The van der Waals surface area contributed by atoms with Crippen LogP contribution in [0.3, 0.4) is 0 Å². The SMILES string of the molecule is CC[C@@H](O)c1ccc(OCCN2CCOCC2)cc1. The average molecular weight is 265 g/mol. The van der Waals surface area contributed by atoms with Crippen molar-refractivity contribution in [3.8, 4) is 5.75 Å². The third-order valence-corrected chi connectivity index (χ3v) is 3.43. The van der Waals surface area contributed by atoms with Gasteiger partial charge in [-0.05, 0) is 24.1 Å². The Balaban J connectivity index is 1.73. The Labute approximate surface area is 114 Å². The number of hydrogen-bond acceptors (Lipinski definition) is 4. The quantitative estimate of drug-likeness (QED) is 0.852. The van der Waals surface area contributed by atoms with E-state index in [9.17, 15) is 5.11 Å². The molecular formula is C15H23NO3. The largest absolute Gasteiger partial charge is 0.492 e. The molecule has 106 valence electrons. The van der Waals surface area contributed by atoms with Gasteiger partial charge in [-0.3, -0.25) is 4.90 Å². The van der Waals surface area contributed by atoms with Crippen molar-refractivity contribution in [2.24, 2.45) is 0 Å². The van der Waals surface area contributed by atoms with Gasteiger partial charge in [0.15, 0.2) is 0 Å². The van der Waals surface area contributed by atoms with Crippen LogP contribution >= 0.6 is 0 Å². The van der Waals surface area contributed by atoms with Crippen LogP contribution in [0, 0.1) is 0 Å². The van der Waals surface area contributed by atoms with Gasteiger partial charge in [-0.1, -0.05) is 19.1 Å². The van der Waals surface area contributed by atoms with E-state index in [1.807, 2.05) is 31.2 Å². The number of nitrogens with zero attached hydrogens (tertiary/aromatic N) is 1. The van der Waals surface area contributed by atoms with Crippen LogP contribution < -0.4 is 4.74 Å². The van der Waals surface area contributed by atoms with E-state index in [-0.39, 0.29) is 6.10 Å². The van der Waals surface area contributed by atoms with E-state index in [1.54, 1.807) is 0 Å². The minimum absolute atomic E-state index is 0.373. The van der Waals surface area contributed by atoms with E-state index in [0.717, 1.165) is 50.6 Å². The minimum atomic E-state index is -0.373. The van der Waals surface area contributed by atoms with Gasteiger partial charge in [0.05, 0.1) is 19.3 Å². The summed E-state index contributed by atoms with van der Waals surface area (Å²) in [6.45, 7) is 7.22. The molecule has 1 N–H and O–H groups in total. The highest BCUT2D eigenvalue weighted by Crippen LogP contribution is 2.19. The fourth-order valence-corrected chi connectivity index (χ4v) is 2.14. The first-order valence-corrected chi connectivity index (χ1v) is 7.00. The van der Waals surface area contributed by atoms with Crippen LogP contribution in [-0.2, 0) is 4.74 Å². The average Bonchev–Trinajstić information content (AvgIpc) is 2.48. The van der Waals surface area contributed by atoms with Crippen LogP contribution in [0.25, 0.3) is 0 Å². The van der Waals surface area contributed by atoms with Gasteiger partial charge in [-0.2, -0.15) is 0 Å². The molecule has 1 atom stereocenters. The Morgan fingerprint density at radius 3 is 2.58 bits per heavy atom. The van der Waals surface area contributed by atoms with E-state index >= 15 is 0 Å². The molecule has 0 bridgehead atoms. The molecule has 1 heterocycles. The van der Waals surface area contributed by atoms with Crippen LogP contribution in [0.1, 0.15) is 25.0 Å². The Morgan fingerprint density at radius 1 is 1.26 bits per heavy atom. The molecule has 0 radical (unpaired) electrons. The van der Waals surface area contributed by atoms with Gasteiger partial charge < -0.3 is 14.6 Å². The Bertz CT molecular complexity index is 360. The van der Waals surface area contributed by atoms with Crippen molar-refractivity contribution in [2.45, 2.75) is 19.4 Å². The molecule has 1 aromatic carbocycles. The summed E-state index contributed by atoms with van der Waals surface area (Å²) in [4.78, 5) is 2.35. The van der Waals surface area contributed by atoms with Crippen molar-refractivity contribution in [3.63, 3.8) is 0 Å². The maximum atomic E-state index is 9.71. The number of aliphatic hydroxyl groups is 1. The predicted molar refractivity (Wildman–Crippen MR) is 74.4 cm³/mol. The van der Waals surface area contributed by atoms with E-state index in [4.69, 9.17) is 9.47 Å². The van der Waals surface area contributed by atoms with E-state index in [2.05, 4.69) is 4.90 Å². The first-order chi connectivity index (χ1) is 9.29. The van der Waals surface area contributed by atoms with Crippen molar-refractivity contribution in [3.05, 3.63) is 29.8 Å². The second-order valence-corrected chi connectivity index (χ2v) is 4.80. The zero-order valence-electron chi connectivity index (χ0n) is 11.5. The smallest absolute Gasteiger partial charge is 0.119 e. The van der Waals surface area contributed by atoms with Gasteiger partial charge in [0.1, 0.15) is 12.4 Å². The van der Waals surface area contributed by atoms with E-state index < -0.39 is 0 Å². The molecule has 1 fully saturated rings. The third-order valence-electron chi connectivity index (χ3n) is 3.43. The second-order valence-electron chi connectivity index (χ2n) is 4.80. The Kier molecular flexibility index (Phi) is 5.63. The molecule has 0 amide bonds. The second kappa shape index (κ2) is 7.48. The first-order valence-electron chi connectivity index (χ1n) is 7.00. The van der Waals surface area contributed by atoms with Crippen LogP contribution in [-0.4, -0.2) is 49.5 Å². The maximum absolute atomic E-state index is 9.71. The lowest BCUT2D eigenvalue weighted by Crippen LogP contribution is -2.38. The van der Waals surface area contributed by atoms with Crippen molar-refractivity contribution >= 4 is 0 Å². The molecule has 0 aliphatic carbocycles. The summed E-state index contributed by atoms with van der Waals surface area (Å²) >= 11 is 0. The van der Waals surface area contributed by atoms with Crippen molar-refractivity contribution in [1.29, 1.82) is 0 Å². The fourth-order valence-electron chi connectivity index (χ4n) is 2.14. The molecule has 0 unspecified atom stereocenters. The van der Waals surface area contributed by atoms with Gasteiger partial charge in [0, 0.05) is 19.6 Å². The maximum Gasteiger partial charge on any atom is 0.119 e. The molecule has 1 aliphatic rings.